The lowest BCUT2D eigenvalue weighted by atomic mass is 9.84. The van der Waals surface area contributed by atoms with Gasteiger partial charge in [0.1, 0.15) is 5.78 Å². The summed E-state index contributed by atoms with van der Waals surface area (Å²) in [6.07, 6.45) is 7.63. The third-order valence-corrected chi connectivity index (χ3v) is 9.22. The van der Waals surface area contributed by atoms with Crippen LogP contribution in [0.25, 0.3) is 0 Å². The average Bonchev–Trinajstić information content (AvgIpc) is 3.61. The van der Waals surface area contributed by atoms with Crippen LogP contribution >= 0.6 is 0 Å². The predicted molar refractivity (Wildman–Crippen MR) is 113 cm³/mol. The van der Waals surface area contributed by atoms with Crippen molar-refractivity contribution in [3.05, 3.63) is 12.2 Å². The lowest BCUT2D eigenvalue weighted by Crippen LogP contribution is -2.42. The average molecular weight is 453 g/mol. The number of ketones is 1. The maximum Gasteiger partial charge on any atom is 0.240 e. The summed E-state index contributed by atoms with van der Waals surface area (Å²) in [6.45, 7) is 0.606. The summed E-state index contributed by atoms with van der Waals surface area (Å²) in [4.78, 5) is 40.9. The van der Waals surface area contributed by atoms with Crippen LogP contribution in [0.3, 0.4) is 0 Å². The zero-order valence-corrected chi connectivity index (χ0v) is 18.8. The quantitative estimate of drug-likeness (QED) is 0.620. The molecule has 0 bridgehead atoms. The minimum Gasteiger partial charge on any atom is -0.393 e. The number of amides is 2. The first-order valence-electron chi connectivity index (χ1n) is 11.3. The van der Waals surface area contributed by atoms with Crippen molar-refractivity contribution in [1.82, 2.24) is 9.62 Å². The van der Waals surface area contributed by atoms with Gasteiger partial charge >= 0.3 is 0 Å². The molecule has 3 fully saturated rings. The van der Waals surface area contributed by atoms with Gasteiger partial charge in [-0.25, -0.2) is 8.42 Å². The van der Waals surface area contributed by atoms with Crippen LogP contribution in [-0.2, 0) is 24.4 Å². The van der Waals surface area contributed by atoms with Gasteiger partial charge in [0.25, 0.3) is 0 Å². The summed E-state index contributed by atoms with van der Waals surface area (Å²) in [5.74, 6) is -2.37. The van der Waals surface area contributed by atoms with Gasteiger partial charge in [-0.2, -0.15) is 0 Å². The van der Waals surface area contributed by atoms with E-state index in [9.17, 15) is 27.9 Å². The summed E-state index contributed by atoms with van der Waals surface area (Å²) in [5.41, 5.74) is -1.08. The first-order valence-corrected chi connectivity index (χ1v) is 12.9. The third-order valence-electron chi connectivity index (χ3n) is 7.40. The first kappa shape index (κ1) is 22.5. The van der Waals surface area contributed by atoms with E-state index >= 15 is 0 Å². The zero-order valence-electron chi connectivity index (χ0n) is 18.0. The predicted octanol–water partition coefficient (Wildman–Crippen LogP) is 1.15. The lowest BCUT2D eigenvalue weighted by molar-refractivity contribution is -0.140. The topological polar surface area (TPSA) is 121 Å². The van der Waals surface area contributed by atoms with E-state index in [4.69, 9.17) is 0 Å². The number of nitrogens with one attached hydrogen (secondary N) is 1. The number of rotatable bonds is 3. The largest absolute Gasteiger partial charge is 0.393 e. The highest BCUT2D eigenvalue weighted by molar-refractivity contribution is 7.90. The standard InChI is InChI=1S/C22H32N2O6S/c1-24-9-5-3-2-4-6-14-12-22(14,21(28)23-31(29,30)16-7-8-16)13-19(26)17-10-15(25)11-18(17)20(24)27/h4,6,14-18,25H,2-3,5,7-13H2,1H3,(H,23,28)/b6-4-/t14-,15-,17-,18-,22-/m1/s1. The number of Topliss-reactive ketones (excluding diaryl/α,β-unsaturated/α-hetero) is 1. The SMILES string of the molecule is CN1CCCC/C=C\[C@@H]2C[C@@]2(C(=O)NS(=O)(=O)C2CC2)CC(=O)[C@@H]2C[C@@H](O)C[C@H]2C1=O. The summed E-state index contributed by atoms with van der Waals surface area (Å²) in [6, 6.07) is 0. The van der Waals surface area contributed by atoms with E-state index in [1.54, 1.807) is 11.9 Å². The second kappa shape index (κ2) is 8.31. The second-order valence-corrected chi connectivity index (χ2v) is 11.8. The van der Waals surface area contributed by atoms with Crippen LogP contribution < -0.4 is 4.72 Å². The molecule has 0 saturated heterocycles. The van der Waals surface area contributed by atoms with Gasteiger partial charge in [0, 0.05) is 25.9 Å². The minimum atomic E-state index is -3.70. The van der Waals surface area contributed by atoms with E-state index in [1.165, 1.54) is 0 Å². The van der Waals surface area contributed by atoms with Crippen LogP contribution in [0.15, 0.2) is 12.2 Å². The van der Waals surface area contributed by atoms with Gasteiger partial charge in [-0.3, -0.25) is 19.1 Å². The van der Waals surface area contributed by atoms with E-state index in [0.717, 1.165) is 19.3 Å². The van der Waals surface area contributed by atoms with Crippen molar-refractivity contribution >= 4 is 27.6 Å². The molecule has 1 aliphatic heterocycles. The maximum atomic E-state index is 13.3. The molecule has 0 unspecified atom stereocenters. The van der Waals surface area contributed by atoms with E-state index < -0.39 is 44.5 Å². The molecular formula is C22H32N2O6S. The number of aliphatic hydroxyl groups is 1. The van der Waals surface area contributed by atoms with Crippen molar-refractivity contribution < 1.29 is 27.9 Å². The molecule has 0 radical (unpaired) electrons. The number of aliphatic hydroxyl groups excluding tert-OH is 1. The zero-order chi connectivity index (χ0) is 22.4. The number of fused-ring (bicyclic) bond motifs is 2. The molecule has 5 atom stereocenters. The van der Waals surface area contributed by atoms with Crippen molar-refractivity contribution in [1.29, 1.82) is 0 Å². The Morgan fingerprint density at radius 3 is 2.61 bits per heavy atom. The summed E-state index contributed by atoms with van der Waals surface area (Å²) < 4.78 is 26.9. The molecule has 0 spiro atoms. The van der Waals surface area contributed by atoms with Crippen LogP contribution in [-0.4, -0.2) is 61.0 Å². The molecule has 172 valence electrons. The van der Waals surface area contributed by atoms with Gasteiger partial charge in [-0.05, 0) is 57.3 Å². The highest BCUT2D eigenvalue weighted by Gasteiger charge is 2.61. The molecule has 2 N–H and O–H groups in total. The number of allylic oxidation sites excluding steroid dienone is 2. The van der Waals surface area contributed by atoms with Crippen molar-refractivity contribution in [2.24, 2.45) is 23.2 Å². The third kappa shape index (κ3) is 4.58. The molecule has 31 heavy (non-hydrogen) atoms. The van der Waals surface area contributed by atoms with Crippen LogP contribution in [0.1, 0.15) is 57.8 Å². The molecule has 0 aromatic carbocycles. The fraction of sp³-hybridized carbons (Fsp3) is 0.773. The second-order valence-electron chi connectivity index (χ2n) is 9.81. The Morgan fingerprint density at radius 2 is 1.90 bits per heavy atom. The van der Waals surface area contributed by atoms with Crippen LogP contribution in [0, 0.1) is 23.2 Å². The molecule has 9 heteroatoms. The molecule has 2 amide bonds. The number of hydrogen-bond donors (Lipinski definition) is 2. The first-order chi connectivity index (χ1) is 14.6. The van der Waals surface area contributed by atoms with E-state index in [1.807, 2.05) is 12.2 Å². The lowest BCUT2D eigenvalue weighted by Gasteiger charge is -2.26. The molecule has 3 saturated carbocycles. The van der Waals surface area contributed by atoms with E-state index in [2.05, 4.69) is 4.72 Å². The Morgan fingerprint density at radius 1 is 1.19 bits per heavy atom. The highest BCUT2D eigenvalue weighted by atomic mass is 32.2. The van der Waals surface area contributed by atoms with Gasteiger partial charge in [-0.1, -0.05) is 12.2 Å². The number of carbonyl (C=O) groups excluding carboxylic acids is 3. The number of sulfonamides is 1. The Labute approximate surface area is 183 Å². The van der Waals surface area contributed by atoms with Crippen LogP contribution in [0.4, 0.5) is 0 Å². The van der Waals surface area contributed by atoms with Gasteiger partial charge in [0.15, 0.2) is 0 Å². The molecule has 8 nitrogen and oxygen atoms in total. The van der Waals surface area contributed by atoms with Crippen molar-refractivity contribution in [3.63, 3.8) is 0 Å². The molecule has 4 rings (SSSR count). The van der Waals surface area contributed by atoms with Crippen LogP contribution in [0.5, 0.6) is 0 Å². The highest BCUT2D eigenvalue weighted by Crippen LogP contribution is 2.57. The van der Waals surface area contributed by atoms with Crippen LogP contribution in [0.2, 0.25) is 0 Å². The smallest absolute Gasteiger partial charge is 0.240 e. The Kier molecular flexibility index (Phi) is 6.02. The summed E-state index contributed by atoms with van der Waals surface area (Å²) in [7, 11) is -1.98. The monoisotopic (exact) mass is 452 g/mol. The normalized spacial score (nSPS) is 38.1. The summed E-state index contributed by atoms with van der Waals surface area (Å²) >= 11 is 0. The van der Waals surface area contributed by atoms with Gasteiger partial charge in [0.05, 0.1) is 22.7 Å². The molecule has 0 aromatic heterocycles. The van der Waals surface area contributed by atoms with Crippen molar-refractivity contribution in [2.45, 2.75) is 69.1 Å². The summed E-state index contributed by atoms with van der Waals surface area (Å²) in [5, 5.41) is 9.67. The number of carbonyl (C=O) groups is 3. The Bertz CT molecular complexity index is 896. The number of hydrogen-bond acceptors (Lipinski definition) is 6. The van der Waals surface area contributed by atoms with E-state index in [-0.39, 0.29) is 36.9 Å². The fourth-order valence-corrected chi connectivity index (χ4v) is 6.55. The Balaban J connectivity index is 1.58. The molecule has 1 heterocycles. The molecule has 3 aliphatic carbocycles. The fourth-order valence-electron chi connectivity index (χ4n) is 5.17. The van der Waals surface area contributed by atoms with Gasteiger partial charge in [-0.15, -0.1) is 0 Å². The number of nitrogens with zero attached hydrogens (tertiary/aromatic N) is 1. The molecular weight excluding hydrogens is 420 g/mol. The molecule has 0 aromatic rings. The maximum absolute atomic E-state index is 13.3. The van der Waals surface area contributed by atoms with Gasteiger partial charge in [0.2, 0.25) is 21.8 Å². The minimum absolute atomic E-state index is 0.0983. The molecule has 4 aliphatic rings. The van der Waals surface area contributed by atoms with E-state index in [0.29, 0.717) is 25.8 Å². The Hall–Kier alpha value is -1.74. The van der Waals surface area contributed by atoms with Crippen molar-refractivity contribution in [3.8, 4) is 0 Å². The van der Waals surface area contributed by atoms with Crippen molar-refractivity contribution in [2.75, 3.05) is 13.6 Å². The van der Waals surface area contributed by atoms with Gasteiger partial charge < -0.3 is 10.0 Å².